The Bertz CT molecular complexity index is 854. The van der Waals surface area contributed by atoms with Crippen LogP contribution in [0.25, 0.3) is 23.3 Å². The second-order valence-electron chi connectivity index (χ2n) is 4.76. The van der Waals surface area contributed by atoms with Gasteiger partial charge in [-0.2, -0.15) is 0 Å². The van der Waals surface area contributed by atoms with E-state index in [0.29, 0.717) is 5.58 Å². The fourth-order valence-electron chi connectivity index (χ4n) is 2.16. The first kappa shape index (κ1) is 13.2. The van der Waals surface area contributed by atoms with Gasteiger partial charge in [0.05, 0.1) is 12.6 Å². The van der Waals surface area contributed by atoms with Crippen molar-refractivity contribution in [3.8, 4) is 5.75 Å². The molecule has 0 aliphatic heterocycles. The molecule has 0 unspecified atom stereocenters. The third kappa shape index (κ3) is 2.60. The Morgan fingerprint density at radius 3 is 2.43 bits per heavy atom. The Morgan fingerprint density at radius 1 is 1.05 bits per heavy atom. The van der Waals surface area contributed by atoms with E-state index >= 15 is 0 Å². The molecule has 1 aromatic heterocycles. The molecule has 4 nitrogen and oxygen atoms in total. The highest BCUT2D eigenvalue weighted by Crippen LogP contribution is 2.17. The first-order chi connectivity index (χ1) is 10.2. The predicted molar refractivity (Wildman–Crippen MR) is 83.4 cm³/mol. The van der Waals surface area contributed by atoms with Crippen molar-refractivity contribution < 1.29 is 9.15 Å². The van der Waals surface area contributed by atoms with Gasteiger partial charge >= 0.3 is 5.76 Å². The molecular weight excluding hydrogens is 266 g/mol. The number of aryl methyl sites for hydroxylation is 1. The minimum Gasteiger partial charge on any atom is -0.497 e. The average molecular weight is 281 g/mol. The van der Waals surface area contributed by atoms with Gasteiger partial charge < -0.3 is 9.15 Å². The van der Waals surface area contributed by atoms with Crippen LogP contribution in [0, 0.1) is 0 Å². The molecule has 3 aromatic rings. The normalized spacial score (nSPS) is 11.3. The molecule has 21 heavy (non-hydrogen) atoms. The zero-order valence-corrected chi connectivity index (χ0v) is 11.9. The van der Waals surface area contributed by atoms with Crippen LogP contribution in [0.4, 0.5) is 0 Å². The van der Waals surface area contributed by atoms with E-state index in [1.807, 2.05) is 54.6 Å². The van der Waals surface area contributed by atoms with E-state index in [2.05, 4.69) is 0 Å². The number of nitrogens with zero attached hydrogens (tertiary/aromatic N) is 1. The minimum absolute atomic E-state index is 0.346. The monoisotopic (exact) mass is 281 g/mol. The number of methoxy groups -OCH3 is 1. The van der Waals surface area contributed by atoms with Crippen LogP contribution in [0.3, 0.4) is 0 Å². The van der Waals surface area contributed by atoms with Gasteiger partial charge in [-0.05, 0) is 35.4 Å². The fraction of sp³-hybridized carbons (Fsp3) is 0.118. The van der Waals surface area contributed by atoms with Crippen molar-refractivity contribution in [3.63, 3.8) is 0 Å². The first-order valence-corrected chi connectivity index (χ1v) is 6.59. The summed E-state index contributed by atoms with van der Waals surface area (Å²) in [5.74, 6) is 0.487. The fourth-order valence-corrected chi connectivity index (χ4v) is 2.16. The molecule has 0 N–H and O–H groups in total. The number of rotatable bonds is 3. The predicted octanol–water partition coefficient (Wildman–Crippen LogP) is 3.31. The van der Waals surface area contributed by atoms with Crippen LogP contribution >= 0.6 is 0 Å². The van der Waals surface area contributed by atoms with Gasteiger partial charge in [0.25, 0.3) is 0 Å². The highest BCUT2D eigenvalue weighted by molar-refractivity contribution is 5.79. The van der Waals surface area contributed by atoms with Crippen LogP contribution in [-0.2, 0) is 7.05 Å². The van der Waals surface area contributed by atoms with Crippen LogP contribution in [0.2, 0.25) is 0 Å². The summed E-state index contributed by atoms with van der Waals surface area (Å²) in [6.07, 6.45) is 3.98. The maximum Gasteiger partial charge on any atom is 0.419 e. The molecule has 106 valence electrons. The van der Waals surface area contributed by atoms with Crippen molar-refractivity contribution in [2.75, 3.05) is 7.11 Å². The second kappa shape index (κ2) is 5.32. The second-order valence-corrected chi connectivity index (χ2v) is 4.76. The molecule has 0 bridgehead atoms. The van der Waals surface area contributed by atoms with Crippen molar-refractivity contribution in [1.29, 1.82) is 0 Å². The Morgan fingerprint density at radius 2 is 1.71 bits per heavy atom. The highest BCUT2D eigenvalue weighted by Gasteiger charge is 2.04. The molecule has 3 rings (SSSR count). The molecule has 0 atom stereocenters. The van der Waals surface area contributed by atoms with E-state index < -0.39 is 0 Å². The smallest absolute Gasteiger partial charge is 0.419 e. The Hall–Kier alpha value is -2.75. The summed E-state index contributed by atoms with van der Waals surface area (Å²) in [5, 5.41) is 0. The lowest BCUT2D eigenvalue weighted by Gasteiger charge is -1.99. The largest absolute Gasteiger partial charge is 0.497 e. The van der Waals surface area contributed by atoms with Gasteiger partial charge in [0.1, 0.15) is 5.75 Å². The standard InChI is InChI=1S/C17H15NO3/c1-18-15-10-7-13(11-16(15)21-17(18)19)4-3-12-5-8-14(20-2)9-6-12/h3-11H,1-2H3/b4-3+. The van der Waals surface area contributed by atoms with Crippen molar-refractivity contribution in [2.24, 2.45) is 7.05 Å². The molecule has 0 saturated carbocycles. The molecule has 0 radical (unpaired) electrons. The Kier molecular flexibility index (Phi) is 3.36. The Balaban J connectivity index is 1.89. The lowest BCUT2D eigenvalue weighted by atomic mass is 10.1. The van der Waals surface area contributed by atoms with Crippen molar-refractivity contribution in [2.45, 2.75) is 0 Å². The van der Waals surface area contributed by atoms with Crippen LogP contribution in [0.1, 0.15) is 11.1 Å². The topological polar surface area (TPSA) is 44.4 Å². The van der Waals surface area contributed by atoms with Crippen LogP contribution < -0.4 is 10.5 Å². The maximum atomic E-state index is 11.5. The summed E-state index contributed by atoms with van der Waals surface area (Å²) in [6.45, 7) is 0. The summed E-state index contributed by atoms with van der Waals surface area (Å²) in [7, 11) is 3.34. The van der Waals surface area contributed by atoms with Crippen LogP contribution in [-0.4, -0.2) is 11.7 Å². The van der Waals surface area contributed by atoms with E-state index in [4.69, 9.17) is 9.15 Å². The summed E-state index contributed by atoms with van der Waals surface area (Å²) < 4.78 is 11.8. The molecule has 0 aliphatic rings. The van der Waals surface area contributed by atoms with E-state index in [0.717, 1.165) is 22.4 Å². The third-order valence-electron chi connectivity index (χ3n) is 3.40. The van der Waals surface area contributed by atoms with E-state index in [1.54, 1.807) is 14.2 Å². The van der Waals surface area contributed by atoms with Gasteiger partial charge in [-0.15, -0.1) is 0 Å². The van der Waals surface area contributed by atoms with Crippen molar-refractivity contribution in [1.82, 2.24) is 4.57 Å². The number of hydrogen-bond donors (Lipinski definition) is 0. The summed E-state index contributed by atoms with van der Waals surface area (Å²) in [4.78, 5) is 11.5. The van der Waals surface area contributed by atoms with Gasteiger partial charge in [-0.25, -0.2) is 4.79 Å². The van der Waals surface area contributed by atoms with Gasteiger partial charge in [0.2, 0.25) is 0 Å². The van der Waals surface area contributed by atoms with E-state index in [1.165, 1.54) is 4.57 Å². The van der Waals surface area contributed by atoms with E-state index in [-0.39, 0.29) is 5.76 Å². The highest BCUT2D eigenvalue weighted by atomic mass is 16.5. The van der Waals surface area contributed by atoms with Gasteiger partial charge in [-0.3, -0.25) is 4.57 Å². The number of fused-ring (bicyclic) bond motifs is 1. The lowest BCUT2D eigenvalue weighted by Crippen LogP contribution is -2.08. The maximum absolute atomic E-state index is 11.5. The SMILES string of the molecule is COc1ccc(/C=C/c2ccc3c(c2)oc(=O)n3C)cc1. The van der Waals surface area contributed by atoms with Gasteiger partial charge in [-0.1, -0.05) is 30.4 Å². The van der Waals surface area contributed by atoms with Gasteiger partial charge in [0, 0.05) is 7.05 Å². The van der Waals surface area contributed by atoms with Crippen LogP contribution in [0.5, 0.6) is 5.75 Å². The lowest BCUT2D eigenvalue weighted by molar-refractivity contribution is 0.415. The minimum atomic E-state index is -0.346. The first-order valence-electron chi connectivity index (χ1n) is 6.59. The Labute approximate surface area is 121 Å². The zero-order chi connectivity index (χ0) is 14.8. The van der Waals surface area contributed by atoms with Crippen molar-refractivity contribution in [3.05, 3.63) is 64.1 Å². The van der Waals surface area contributed by atoms with Gasteiger partial charge in [0.15, 0.2) is 5.58 Å². The molecule has 0 saturated heterocycles. The number of oxazole rings is 1. The quantitative estimate of drug-likeness (QED) is 0.692. The molecule has 4 heteroatoms. The molecule has 1 heterocycles. The number of aromatic nitrogens is 1. The molecule has 0 amide bonds. The molecule has 0 aliphatic carbocycles. The van der Waals surface area contributed by atoms with Crippen LogP contribution in [0.15, 0.2) is 51.7 Å². The molecule has 2 aromatic carbocycles. The third-order valence-corrected chi connectivity index (χ3v) is 3.40. The molecule has 0 fully saturated rings. The summed E-state index contributed by atoms with van der Waals surface area (Å²) >= 11 is 0. The summed E-state index contributed by atoms with van der Waals surface area (Å²) in [6, 6.07) is 13.5. The molecular formula is C17H15NO3. The zero-order valence-electron chi connectivity index (χ0n) is 11.9. The number of ether oxygens (including phenoxy) is 1. The number of benzene rings is 2. The summed E-state index contributed by atoms with van der Waals surface area (Å²) in [5.41, 5.74) is 3.44. The van der Waals surface area contributed by atoms with Crippen molar-refractivity contribution >= 4 is 23.3 Å². The average Bonchev–Trinajstić information content (AvgIpc) is 2.80. The molecule has 0 spiro atoms. The van der Waals surface area contributed by atoms with E-state index in [9.17, 15) is 4.79 Å². The number of hydrogen-bond acceptors (Lipinski definition) is 3.